The molecule has 2 heterocycles. The van der Waals surface area contributed by atoms with Gasteiger partial charge in [0, 0.05) is 39.7 Å². The maximum absolute atomic E-state index is 13.0. The van der Waals surface area contributed by atoms with Crippen molar-refractivity contribution < 1.29 is 28.9 Å². The molecule has 0 spiro atoms. The Morgan fingerprint density at radius 1 is 1.36 bits per heavy atom. The predicted octanol–water partition coefficient (Wildman–Crippen LogP) is 1.78. The first-order valence-corrected chi connectivity index (χ1v) is 12.1. The van der Waals surface area contributed by atoms with Crippen LogP contribution in [0.1, 0.15) is 31.4 Å². The van der Waals surface area contributed by atoms with Gasteiger partial charge in [-0.3, -0.25) is 14.5 Å². The molecule has 0 saturated carbocycles. The van der Waals surface area contributed by atoms with Gasteiger partial charge in [0.15, 0.2) is 5.60 Å². The third-order valence-corrected chi connectivity index (χ3v) is 6.53. The lowest BCUT2D eigenvalue weighted by Gasteiger charge is -2.34. The minimum atomic E-state index is -1.07. The molecule has 2 aliphatic rings. The summed E-state index contributed by atoms with van der Waals surface area (Å²) in [6, 6.07) is 8.30. The van der Waals surface area contributed by atoms with Gasteiger partial charge in [0.1, 0.15) is 11.5 Å². The molecule has 0 saturated heterocycles. The molecule has 0 aliphatic carbocycles. The summed E-state index contributed by atoms with van der Waals surface area (Å²) in [4.78, 5) is 27.9. The fourth-order valence-corrected chi connectivity index (χ4v) is 4.29. The number of hydrogen-bond donors (Lipinski definition) is 3. The second kappa shape index (κ2) is 12.2. The monoisotopic (exact) mass is 499 g/mol. The smallest absolute Gasteiger partial charge is 0.268 e. The van der Waals surface area contributed by atoms with Crippen LogP contribution in [0.5, 0.6) is 0 Å². The van der Waals surface area contributed by atoms with Crippen molar-refractivity contribution in [3.05, 3.63) is 70.8 Å². The molecule has 0 bridgehead atoms. The number of nitrogens with one attached hydrogen (secondary N) is 2. The molecule has 1 aromatic rings. The second-order valence-corrected chi connectivity index (χ2v) is 9.30. The number of β-amino-alcohol motifs (C(OH)–C–C–N with tert-alkyl or cyclic N) is 1. The Balaban J connectivity index is 1.63. The van der Waals surface area contributed by atoms with E-state index in [1.54, 1.807) is 21.0 Å². The van der Waals surface area contributed by atoms with E-state index < -0.39 is 17.6 Å². The quantitative estimate of drug-likeness (QED) is 0.242. The average Bonchev–Trinajstić information content (AvgIpc) is 2.87. The summed E-state index contributed by atoms with van der Waals surface area (Å²) < 4.78 is 16.2. The van der Waals surface area contributed by atoms with E-state index in [1.165, 1.54) is 24.3 Å². The maximum Gasteiger partial charge on any atom is 0.268 e. The van der Waals surface area contributed by atoms with E-state index in [0.29, 0.717) is 31.0 Å². The summed E-state index contributed by atoms with van der Waals surface area (Å²) >= 11 is 0. The molecule has 3 N–H and O–H groups in total. The molecule has 9 nitrogen and oxygen atoms in total. The summed E-state index contributed by atoms with van der Waals surface area (Å²) in [7, 11) is 2.97. The van der Waals surface area contributed by atoms with Gasteiger partial charge in [-0.15, -0.1) is 0 Å². The van der Waals surface area contributed by atoms with Gasteiger partial charge in [0.25, 0.3) is 11.8 Å². The molecule has 3 rings (SSSR count). The normalized spacial score (nSPS) is 21.2. The molecule has 2 aliphatic heterocycles. The minimum Gasteiger partial charge on any atom is -0.497 e. The van der Waals surface area contributed by atoms with Crippen LogP contribution in [-0.2, 0) is 36.8 Å². The van der Waals surface area contributed by atoms with Gasteiger partial charge in [-0.1, -0.05) is 30.8 Å². The summed E-state index contributed by atoms with van der Waals surface area (Å²) in [6.45, 7) is 9.68. The van der Waals surface area contributed by atoms with Crippen LogP contribution in [-0.4, -0.2) is 74.0 Å². The van der Waals surface area contributed by atoms with Crippen molar-refractivity contribution in [2.75, 3.05) is 40.5 Å². The zero-order valence-electron chi connectivity index (χ0n) is 21.6. The SMILES string of the molecule is C=C(OC)/C(=C\C1=C(C)O[C@@](C)(CCOC)C(=O)N1)C(=O)NC[C@H](O)CN1CCc2ccccc2C1. The molecule has 0 radical (unpaired) electrons. The Morgan fingerprint density at radius 2 is 2.08 bits per heavy atom. The fourth-order valence-electron chi connectivity index (χ4n) is 4.29. The Hall–Kier alpha value is -3.14. The number of aliphatic hydroxyl groups is 1. The molecule has 0 fully saturated rings. The number of amides is 2. The number of methoxy groups -OCH3 is 2. The molecular weight excluding hydrogens is 462 g/mol. The number of rotatable bonds is 11. The van der Waals surface area contributed by atoms with Gasteiger partial charge in [0.2, 0.25) is 0 Å². The number of carbonyl (C=O) groups is 2. The van der Waals surface area contributed by atoms with E-state index in [1.807, 2.05) is 12.1 Å². The van der Waals surface area contributed by atoms with E-state index in [2.05, 4.69) is 34.2 Å². The number of allylic oxidation sites excluding steroid dienone is 2. The van der Waals surface area contributed by atoms with Gasteiger partial charge in [-0.2, -0.15) is 0 Å². The highest BCUT2D eigenvalue weighted by molar-refractivity contribution is 5.98. The number of benzene rings is 1. The van der Waals surface area contributed by atoms with E-state index >= 15 is 0 Å². The van der Waals surface area contributed by atoms with Crippen LogP contribution in [0, 0.1) is 0 Å². The van der Waals surface area contributed by atoms with Crippen LogP contribution >= 0.6 is 0 Å². The highest BCUT2D eigenvalue weighted by Gasteiger charge is 2.39. The van der Waals surface area contributed by atoms with Crippen molar-refractivity contribution >= 4 is 11.8 Å². The number of hydrogen-bond acceptors (Lipinski definition) is 7. The van der Waals surface area contributed by atoms with Crippen molar-refractivity contribution in [2.24, 2.45) is 0 Å². The van der Waals surface area contributed by atoms with Crippen molar-refractivity contribution in [3.63, 3.8) is 0 Å². The number of nitrogens with zero attached hydrogens (tertiary/aromatic N) is 1. The Kier molecular flexibility index (Phi) is 9.31. The van der Waals surface area contributed by atoms with Gasteiger partial charge >= 0.3 is 0 Å². The number of aliphatic hydroxyl groups excluding tert-OH is 1. The first kappa shape index (κ1) is 27.4. The van der Waals surface area contributed by atoms with Crippen LogP contribution in [0.3, 0.4) is 0 Å². The average molecular weight is 500 g/mol. The standard InChI is InChI=1S/C27H37N3O6/c1-18(35-5)23(14-24-19(2)36-27(3,11-13-34-4)26(33)29-24)25(32)28-15-22(31)17-30-12-10-20-8-6-7-9-21(20)16-30/h6-9,14,22,31H,1,10-13,15-17H2,2-5H3,(H,28,32)(H,29,33)/b23-14+/t22-,27-/m0/s1. The lowest BCUT2D eigenvalue weighted by atomic mass is 9.99. The molecular formula is C27H37N3O6. The molecule has 0 unspecified atom stereocenters. The zero-order chi connectivity index (χ0) is 26.3. The summed E-state index contributed by atoms with van der Waals surface area (Å²) in [5, 5.41) is 16.1. The van der Waals surface area contributed by atoms with Gasteiger partial charge in [-0.25, -0.2) is 0 Å². The zero-order valence-corrected chi connectivity index (χ0v) is 21.6. The topological polar surface area (TPSA) is 109 Å². The summed E-state index contributed by atoms with van der Waals surface area (Å²) in [6.07, 6.45) is 2.03. The molecule has 1 aromatic carbocycles. The highest BCUT2D eigenvalue weighted by atomic mass is 16.5. The van der Waals surface area contributed by atoms with Crippen molar-refractivity contribution in [2.45, 2.75) is 44.9 Å². The van der Waals surface area contributed by atoms with Gasteiger partial charge in [0.05, 0.1) is 31.1 Å². The Bertz CT molecular complexity index is 1050. The van der Waals surface area contributed by atoms with E-state index in [0.717, 1.165) is 19.5 Å². The van der Waals surface area contributed by atoms with Crippen molar-refractivity contribution in [3.8, 4) is 0 Å². The first-order chi connectivity index (χ1) is 17.2. The molecule has 196 valence electrons. The third kappa shape index (κ3) is 6.75. The van der Waals surface area contributed by atoms with E-state index in [4.69, 9.17) is 14.2 Å². The lowest BCUT2D eigenvalue weighted by molar-refractivity contribution is -0.144. The van der Waals surface area contributed by atoms with Gasteiger partial charge in [-0.05, 0) is 37.5 Å². The Labute approximate surface area is 212 Å². The molecule has 2 amide bonds. The predicted molar refractivity (Wildman–Crippen MR) is 135 cm³/mol. The highest BCUT2D eigenvalue weighted by Crippen LogP contribution is 2.27. The molecule has 9 heteroatoms. The number of fused-ring (bicyclic) bond motifs is 1. The first-order valence-electron chi connectivity index (χ1n) is 12.1. The largest absolute Gasteiger partial charge is 0.497 e. The molecule has 2 atom stereocenters. The van der Waals surface area contributed by atoms with Crippen LogP contribution in [0.4, 0.5) is 0 Å². The fraction of sp³-hybridized carbons (Fsp3) is 0.481. The second-order valence-electron chi connectivity index (χ2n) is 9.30. The van der Waals surface area contributed by atoms with Gasteiger partial charge < -0.3 is 30.0 Å². The minimum absolute atomic E-state index is 0.0568. The molecule has 36 heavy (non-hydrogen) atoms. The van der Waals surface area contributed by atoms with Crippen molar-refractivity contribution in [1.82, 2.24) is 15.5 Å². The van der Waals surface area contributed by atoms with Crippen LogP contribution in [0.15, 0.2) is 59.7 Å². The third-order valence-electron chi connectivity index (χ3n) is 6.53. The summed E-state index contributed by atoms with van der Waals surface area (Å²) in [5.41, 5.74) is 1.99. The summed E-state index contributed by atoms with van der Waals surface area (Å²) in [5.74, 6) is -0.241. The Morgan fingerprint density at radius 3 is 2.78 bits per heavy atom. The number of carbonyl (C=O) groups excluding carboxylic acids is 2. The van der Waals surface area contributed by atoms with Crippen LogP contribution in [0.2, 0.25) is 0 Å². The van der Waals surface area contributed by atoms with Crippen molar-refractivity contribution in [1.29, 1.82) is 0 Å². The molecule has 0 aromatic heterocycles. The van der Waals surface area contributed by atoms with Crippen LogP contribution in [0.25, 0.3) is 0 Å². The maximum atomic E-state index is 13.0. The number of ether oxygens (including phenoxy) is 3. The lowest BCUT2D eigenvalue weighted by Crippen LogP contribution is -2.50. The van der Waals surface area contributed by atoms with E-state index in [-0.39, 0.29) is 23.8 Å². The van der Waals surface area contributed by atoms with Crippen LogP contribution < -0.4 is 10.6 Å². The van der Waals surface area contributed by atoms with E-state index in [9.17, 15) is 14.7 Å².